The number of rotatable bonds is 2. The van der Waals surface area contributed by atoms with Crippen molar-refractivity contribution in [2.45, 2.75) is 26.2 Å². The molecular formula is C13H16BrNO3Si. The Morgan fingerprint density at radius 1 is 1.47 bits per heavy atom. The minimum absolute atomic E-state index is 0.00618. The Morgan fingerprint density at radius 3 is 2.63 bits per heavy atom. The number of carbonyl (C=O) groups is 1. The number of halogens is 1. The highest BCUT2D eigenvalue weighted by atomic mass is 79.9. The fourth-order valence-electron chi connectivity index (χ4n) is 1.36. The summed E-state index contributed by atoms with van der Waals surface area (Å²) in [5, 5.41) is 0. The van der Waals surface area contributed by atoms with Crippen molar-refractivity contribution in [2.24, 2.45) is 0 Å². The van der Waals surface area contributed by atoms with Gasteiger partial charge in [0.2, 0.25) is 0 Å². The molecule has 0 N–H and O–H groups in total. The SMILES string of the molecule is COC(=O)c1cc(Br)cn(CC#C[Si](C)(C)C)c1=O. The van der Waals surface area contributed by atoms with Gasteiger partial charge in [-0.2, -0.15) is 0 Å². The summed E-state index contributed by atoms with van der Waals surface area (Å²) >= 11 is 3.27. The van der Waals surface area contributed by atoms with E-state index in [2.05, 4.69) is 51.8 Å². The van der Waals surface area contributed by atoms with Gasteiger partial charge in [-0.05, 0) is 22.0 Å². The molecule has 1 aromatic rings. The molecule has 0 radical (unpaired) electrons. The number of nitrogens with zero attached hydrogens (tertiary/aromatic N) is 1. The van der Waals surface area contributed by atoms with Gasteiger partial charge in [0.1, 0.15) is 13.6 Å². The van der Waals surface area contributed by atoms with Crippen LogP contribution in [0.2, 0.25) is 19.6 Å². The Labute approximate surface area is 121 Å². The van der Waals surface area contributed by atoms with Crippen LogP contribution in [0.3, 0.4) is 0 Å². The Balaban J connectivity index is 3.15. The minimum Gasteiger partial charge on any atom is -0.465 e. The number of hydrogen-bond donors (Lipinski definition) is 0. The highest BCUT2D eigenvalue weighted by molar-refractivity contribution is 9.10. The first kappa shape index (κ1) is 15.7. The fraction of sp³-hybridized carbons (Fsp3) is 0.385. The van der Waals surface area contributed by atoms with Crippen LogP contribution in [0.4, 0.5) is 0 Å². The van der Waals surface area contributed by atoms with E-state index >= 15 is 0 Å². The Morgan fingerprint density at radius 2 is 2.11 bits per heavy atom. The summed E-state index contributed by atoms with van der Waals surface area (Å²) in [5.41, 5.74) is 2.79. The molecule has 1 aromatic heterocycles. The van der Waals surface area contributed by atoms with Crippen LogP contribution in [-0.4, -0.2) is 25.7 Å². The van der Waals surface area contributed by atoms with Crippen LogP contribution in [-0.2, 0) is 11.3 Å². The van der Waals surface area contributed by atoms with E-state index in [4.69, 9.17) is 0 Å². The molecule has 0 bridgehead atoms. The fourth-order valence-corrected chi connectivity index (χ4v) is 2.45. The van der Waals surface area contributed by atoms with E-state index in [9.17, 15) is 9.59 Å². The molecule has 0 saturated heterocycles. The molecule has 0 fully saturated rings. The summed E-state index contributed by atoms with van der Waals surface area (Å²) in [4.78, 5) is 23.5. The Bertz CT molecular complexity index is 605. The maximum atomic E-state index is 12.1. The summed E-state index contributed by atoms with van der Waals surface area (Å²) in [5.74, 6) is 2.36. The second-order valence-electron chi connectivity index (χ2n) is 5.05. The number of ether oxygens (including phenoxy) is 1. The zero-order chi connectivity index (χ0) is 14.6. The summed E-state index contributed by atoms with van der Waals surface area (Å²) in [6.07, 6.45) is 1.62. The summed E-state index contributed by atoms with van der Waals surface area (Å²) in [6.45, 7) is 6.66. The van der Waals surface area contributed by atoms with Gasteiger partial charge in [0.25, 0.3) is 5.56 Å². The average molecular weight is 342 g/mol. The van der Waals surface area contributed by atoms with Crippen molar-refractivity contribution in [1.29, 1.82) is 0 Å². The number of carbonyl (C=O) groups excluding carboxylic acids is 1. The zero-order valence-electron chi connectivity index (χ0n) is 11.4. The van der Waals surface area contributed by atoms with Crippen molar-refractivity contribution in [1.82, 2.24) is 4.57 Å². The van der Waals surface area contributed by atoms with E-state index in [1.165, 1.54) is 17.7 Å². The topological polar surface area (TPSA) is 48.3 Å². The van der Waals surface area contributed by atoms with E-state index in [0.717, 1.165) is 0 Å². The van der Waals surface area contributed by atoms with E-state index in [-0.39, 0.29) is 17.7 Å². The first-order valence-corrected chi connectivity index (χ1v) is 10.0. The van der Waals surface area contributed by atoms with Crippen molar-refractivity contribution < 1.29 is 9.53 Å². The van der Waals surface area contributed by atoms with Gasteiger partial charge in [0, 0.05) is 10.7 Å². The first-order chi connectivity index (χ1) is 8.74. The molecule has 0 aliphatic carbocycles. The van der Waals surface area contributed by atoms with E-state index < -0.39 is 14.0 Å². The summed E-state index contributed by atoms with van der Waals surface area (Å²) in [7, 11) is -0.216. The van der Waals surface area contributed by atoms with Crippen LogP contribution in [0.25, 0.3) is 0 Å². The largest absolute Gasteiger partial charge is 0.465 e. The van der Waals surface area contributed by atoms with Crippen molar-refractivity contribution in [2.75, 3.05) is 7.11 Å². The number of aromatic nitrogens is 1. The molecule has 1 rings (SSSR count). The van der Waals surface area contributed by atoms with Crippen LogP contribution >= 0.6 is 15.9 Å². The van der Waals surface area contributed by atoms with Gasteiger partial charge in [-0.3, -0.25) is 4.79 Å². The monoisotopic (exact) mass is 341 g/mol. The lowest BCUT2D eigenvalue weighted by molar-refractivity contribution is 0.0598. The van der Waals surface area contributed by atoms with Gasteiger partial charge in [-0.25, -0.2) is 4.79 Å². The molecule has 4 nitrogen and oxygen atoms in total. The maximum absolute atomic E-state index is 12.1. The number of hydrogen-bond acceptors (Lipinski definition) is 3. The predicted octanol–water partition coefficient (Wildman–Crippen LogP) is 2.28. The number of methoxy groups -OCH3 is 1. The third-order valence-electron chi connectivity index (χ3n) is 2.17. The molecule has 6 heteroatoms. The normalized spacial score (nSPS) is 10.6. The molecule has 102 valence electrons. The molecule has 1 heterocycles. The van der Waals surface area contributed by atoms with Crippen molar-refractivity contribution in [3.63, 3.8) is 0 Å². The molecule has 0 saturated carbocycles. The van der Waals surface area contributed by atoms with Crippen LogP contribution in [0.5, 0.6) is 0 Å². The van der Waals surface area contributed by atoms with Gasteiger partial charge >= 0.3 is 5.97 Å². The maximum Gasteiger partial charge on any atom is 0.343 e. The van der Waals surface area contributed by atoms with Gasteiger partial charge in [0.05, 0.1) is 13.7 Å². The third kappa shape index (κ3) is 4.69. The summed E-state index contributed by atoms with van der Waals surface area (Å²) < 4.78 is 6.63. The molecule has 0 amide bonds. The lowest BCUT2D eigenvalue weighted by atomic mass is 10.3. The van der Waals surface area contributed by atoms with Crippen molar-refractivity contribution in [3.05, 3.63) is 32.7 Å². The summed E-state index contributed by atoms with van der Waals surface area (Å²) in [6, 6.07) is 1.45. The quantitative estimate of drug-likeness (QED) is 0.471. The van der Waals surface area contributed by atoms with Gasteiger partial charge in [-0.1, -0.05) is 25.6 Å². The third-order valence-corrected chi connectivity index (χ3v) is 3.53. The van der Waals surface area contributed by atoms with Crippen LogP contribution in [0.1, 0.15) is 10.4 Å². The highest BCUT2D eigenvalue weighted by Crippen LogP contribution is 2.09. The molecule has 0 spiro atoms. The zero-order valence-corrected chi connectivity index (χ0v) is 14.0. The second kappa shape index (κ2) is 6.22. The smallest absolute Gasteiger partial charge is 0.343 e. The number of pyridine rings is 1. The average Bonchev–Trinajstić information content (AvgIpc) is 2.30. The van der Waals surface area contributed by atoms with Gasteiger partial charge in [0.15, 0.2) is 0 Å². The molecule has 0 unspecified atom stereocenters. The van der Waals surface area contributed by atoms with Crippen LogP contribution in [0.15, 0.2) is 21.5 Å². The van der Waals surface area contributed by atoms with E-state index in [1.54, 1.807) is 6.20 Å². The van der Waals surface area contributed by atoms with E-state index in [0.29, 0.717) is 4.47 Å². The molecular weight excluding hydrogens is 326 g/mol. The van der Waals surface area contributed by atoms with Crippen LogP contribution in [0, 0.1) is 11.5 Å². The second-order valence-corrected chi connectivity index (χ2v) is 10.7. The standard InChI is InChI=1S/C13H16BrNO3Si/c1-18-13(17)11-8-10(14)9-15(12(11)16)6-5-7-19(2,3)4/h8-9H,6H2,1-4H3. The van der Waals surface area contributed by atoms with E-state index in [1.807, 2.05) is 0 Å². The molecule has 19 heavy (non-hydrogen) atoms. The van der Waals surface area contributed by atoms with Gasteiger partial charge < -0.3 is 9.30 Å². The molecule has 0 atom stereocenters. The van der Waals surface area contributed by atoms with Gasteiger partial charge in [-0.15, -0.1) is 5.54 Å². The molecule has 0 aliphatic rings. The van der Waals surface area contributed by atoms with Crippen molar-refractivity contribution in [3.8, 4) is 11.5 Å². The predicted molar refractivity (Wildman–Crippen MR) is 80.9 cm³/mol. The molecule has 0 aliphatic heterocycles. The molecule has 0 aromatic carbocycles. The minimum atomic E-state index is -1.46. The lowest BCUT2D eigenvalue weighted by Crippen LogP contribution is -2.26. The lowest BCUT2D eigenvalue weighted by Gasteiger charge is -2.06. The Kier molecular flexibility index (Phi) is 5.15. The van der Waals surface area contributed by atoms with Crippen molar-refractivity contribution >= 4 is 30.0 Å². The first-order valence-electron chi connectivity index (χ1n) is 5.73. The Hall–Kier alpha value is -1.32. The van der Waals surface area contributed by atoms with Crippen LogP contribution < -0.4 is 5.56 Å². The number of esters is 1. The highest BCUT2D eigenvalue weighted by Gasteiger charge is 2.14.